The Morgan fingerprint density at radius 2 is 1.47 bits per heavy atom. The molecule has 0 radical (unpaired) electrons. The second-order valence-corrected chi connectivity index (χ2v) is 15.2. The van der Waals surface area contributed by atoms with Gasteiger partial charge in [0.1, 0.15) is 5.00 Å². The molecular formula is C31H43N5O5S2. The summed E-state index contributed by atoms with van der Waals surface area (Å²) in [5, 5.41) is 5.67. The van der Waals surface area contributed by atoms with Crippen LogP contribution in [0.25, 0.3) is 0 Å². The van der Waals surface area contributed by atoms with E-state index in [2.05, 4.69) is 15.5 Å². The van der Waals surface area contributed by atoms with Crippen LogP contribution < -0.4 is 10.6 Å². The van der Waals surface area contributed by atoms with Gasteiger partial charge in [0.15, 0.2) is 0 Å². The molecular weight excluding hydrogens is 587 g/mol. The number of thiophene rings is 1. The first kappa shape index (κ1) is 31.6. The summed E-state index contributed by atoms with van der Waals surface area (Å²) >= 11 is 1.33. The zero-order chi connectivity index (χ0) is 30.7. The van der Waals surface area contributed by atoms with E-state index in [-0.39, 0.29) is 17.0 Å². The summed E-state index contributed by atoms with van der Waals surface area (Å²) in [6, 6.07) is 5.65. The van der Waals surface area contributed by atoms with Gasteiger partial charge in [0.05, 0.1) is 10.5 Å². The van der Waals surface area contributed by atoms with Crippen molar-refractivity contribution in [1.82, 2.24) is 19.4 Å². The van der Waals surface area contributed by atoms with Gasteiger partial charge in [0.2, 0.25) is 10.0 Å². The van der Waals surface area contributed by atoms with Crippen LogP contribution in [0.15, 0.2) is 29.2 Å². The van der Waals surface area contributed by atoms with E-state index in [0.29, 0.717) is 29.1 Å². The number of anilines is 1. The fourth-order valence-corrected chi connectivity index (χ4v) is 9.82. The highest BCUT2D eigenvalue weighted by atomic mass is 32.2. The standard InChI is InChI=1S/C31H43N5O5S2/c1-34(2)31(39)33-29(38)27-25-18-19-35(3)20-26(25)42-30(27)32-28(37)21-14-16-24(17-15-21)43(40,41)36(22-10-6-4-7-11-22)23-12-8-5-9-13-23/h14-17,22-23H,4-13,18-20H2,1-3H3,(H,32,37)(H,33,38,39). The molecule has 234 valence electrons. The second kappa shape index (κ2) is 13.5. The van der Waals surface area contributed by atoms with E-state index in [4.69, 9.17) is 0 Å². The van der Waals surface area contributed by atoms with Crippen molar-refractivity contribution in [2.45, 2.75) is 94.2 Å². The Balaban J connectivity index is 1.38. The molecule has 2 aromatic rings. The Labute approximate surface area is 258 Å². The van der Waals surface area contributed by atoms with Crippen LogP contribution in [0.1, 0.15) is 95.4 Å². The lowest BCUT2D eigenvalue weighted by Gasteiger charge is -2.40. The van der Waals surface area contributed by atoms with E-state index >= 15 is 0 Å². The van der Waals surface area contributed by atoms with Gasteiger partial charge >= 0.3 is 6.03 Å². The van der Waals surface area contributed by atoms with Crippen LogP contribution in [0.2, 0.25) is 0 Å². The molecule has 0 saturated heterocycles. The molecule has 4 amide bonds. The molecule has 5 rings (SSSR count). The molecule has 2 N–H and O–H groups in total. The van der Waals surface area contributed by atoms with Crippen LogP contribution in [0, 0.1) is 0 Å². The Bertz CT molecular complexity index is 1420. The van der Waals surface area contributed by atoms with Crippen molar-refractivity contribution in [2.75, 3.05) is 33.0 Å². The maximum Gasteiger partial charge on any atom is 0.323 e. The molecule has 2 fully saturated rings. The van der Waals surface area contributed by atoms with Crippen LogP contribution >= 0.6 is 11.3 Å². The SMILES string of the molecule is CN1CCc2c(sc(NC(=O)c3ccc(S(=O)(=O)N(C4CCCCC4)C4CCCCC4)cc3)c2C(=O)NC(=O)N(C)C)C1. The molecule has 0 unspecified atom stereocenters. The minimum Gasteiger partial charge on any atom is -0.331 e. The average molecular weight is 630 g/mol. The van der Waals surface area contributed by atoms with Gasteiger partial charge in [-0.05, 0) is 69.0 Å². The van der Waals surface area contributed by atoms with Crippen LogP contribution in [0.4, 0.5) is 9.80 Å². The number of amides is 4. The smallest absolute Gasteiger partial charge is 0.323 e. The fourth-order valence-electron chi connectivity index (χ4n) is 6.57. The zero-order valence-corrected chi connectivity index (χ0v) is 27.0. The number of hydrogen-bond acceptors (Lipinski definition) is 7. The molecule has 2 heterocycles. The van der Waals surface area contributed by atoms with Crippen LogP contribution in [0.5, 0.6) is 0 Å². The molecule has 1 aromatic heterocycles. The number of fused-ring (bicyclic) bond motifs is 1. The molecule has 0 atom stereocenters. The predicted molar refractivity (Wildman–Crippen MR) is 168 cm³/mol. The molecule has 3 aliphatic rings. The number of likely N-dealkylation sites (N-methyl/N-ethyl adjacent to an activating group) is 1. The summed E-state index contributed by atoms with van der Waals surface area (Å²) in [4.78, 5) is 43.4. The quantitative estimate of drug-likeness (QED) is 0.442. The van der Waals surface area contributed by atoms with Crippen molar-refractivity contribution in [3.05, 3.63) is 45.8 Å². The summed E-state index contributed by atoms with van der Waals surface area (Å²) in [6.07, 6.45) is 10.7. The van der Waals surface area contributed by atoms with E-state index in [1.807, 2.05) is 11.4 Å². The number of hydrogen-bond donors (Lipinski definition) is 2. The van der Waals surface area contributed by atoms with E-state index in [9.17, 15) is 22.8 Å². The number of benzene rings is 1. The number of nitrogens with zero attached hydrogens (tertiary/aromatic N) is 3. The number of nitrogens with one attached hydrogen (secondary N) is 2. The van der Waals surface area contributed by atoms with Gasteiger partial charge in [-0.3, -0.25) is 14.9 Å². The molecule has 2 aliphatic carbocycles. The lowest BCUT2D eigenvalue weighted by Crippen LogP contribution is -2.48. The van der Waals surface area contributed by atoms with E-state index in [1.54, 1.807) is 26.2 Å². The Morgan fingerprint density at radius 3 is 2.02 bits per heavy atom. The average Bonchev–Trinajstić information content (AvgIpc) is 3.35. The van der Waals surface area contributed by atoms with Gasteiger partial charge in [0.25, 0.3) is 11.8 Å². The number of carbonyl (C=O) groups excluding carboxylic acids is 3. The molecule has 1 aliphatic heterocycles. The fraction of sp³-hybridized carbons (Fsp3) is 0.581. The molecule has 1 aromatic carbocycles. The summed E-state index contributed by atoms with van der Waals surface area (Å²) in [5.41, 5.74) is 1.45. The highest BCUT2D eigenvalue weighted by Crippen LogP contribution is 2.38. The highest BCUT2D eigenvalue weighted by Gasteiger charge is 2.38. The van der Waals surface area contributed by atoms with Gasteiger partial charge in [-0.2, -0.15) is 4.31 Å². The summed E-state index contributed by atoms with van der Waals surface area (Å²) in [6.45, 7) is 1.40. The monoisotopic (exact) mass is 629 g/mol. The van der Waals surface area contributed by atoms with Crippen molar-refractivity contribution in [3.63, 3.8) is 0 Å². The van der Waals surface area contributed by atoms with Crippen LogP contribution in [-0.4, -0.2) is 80.1 Å². The van der Waals surface area contributed by atoms with Gasteiger partial charge in [-0.25, -0.2) is 13.2 Å². The number of sulfonamides is 1. The van der Waals surface area contributed by atoms with E-state index < -0.39 is 27.9 Å². The topological polar surface area (TPSA) is 119 Å². The molecule has 0 spiro atoms. The van der Waals surface area contributed by atoms with Gasteiger partial charge < -0.3 is 15.1 Å². The Kier molecular flexibility index (Phi) is 9.89. The van der Waals surface area contributed by atoms with Crippen molar-refractivity contribution in [1.29, 1.82) is 0 Å². The largest absolute Gasteiger partial charge is 0.331 e. The first-order chi connectivity index (χ1) is 20.6. The minimum absolute atomic E-state index is 0.0256. The molecule has 0 bridgehead atoms. The number of rotatable bonds is 7. The lowest BCUT2D eigenvalue weighted by molar-refractivity contribution is 0.0956. The second-order valence-electron chi connectivity index (χ2n) is 12.2. The summed E-state index contributed by atoms with van der Waals surface area (Å²) in [7, 11) is 1.36. The number of urea groups is 1. The third-order valence-corrected chi connectivity index (χ3v) is 12.0. The molecule has 43 heavy (non-hydrogen) atoms. The predicted octanol–water partition coefficient (Wildman–Crippen LogP) is 5.06. The van der Waals surface area contributed by atoms with Crippen molar-refractivity contribution >= 4 is 44.2 Å². The summed E-state index contributed by atoms with van der Waals surface area (Å²) in [5.74, 6) is -0.997. The van der Waals surface area contributed by atoms with Crippen molar-refractivity contribution in [2.24, 2.45) is 0 Å². The number of imide groups is 1. The first-order valence-corrected chi connectivity index (χ1v) is 17.6. The van der Waals surface area contributed by atoms with Crippen LogP contribution in [-0.2, 0) is 23.0 Å². The van der Waals surface area contributed by atoms with E-state index in [0.717, 1.165) is 81.2 Å². The maximum absolute atomic E-state index is 14.0. The van der Waals surface area contributed by atoms with Crippen molar-refractivity contribution < 1.29 is 22.8 Å². The van der Waals surface area contributed by atoms with Crippen LogP contribution in [0.3, 0.4) is 0 Å². The van der Waals surface area contributed by atoms with Gasteiger partial charge in [-0.15, -0.1) is 11.3 Å². The highest BCUT2D eigenvalue weighted by molar-refractivity contribution is 7.89. The third-order valence-electron chi connectivity index (χ3n) is 8.89. The molecule has 12 heteroatoms. The minimum atomic E-state index is -3.74. The Morgan fingerprint density at radius 1 is 0.884 bits per heavy atom. The van der Waals surface area contributed by atoms with E-state index in [1.165, 1.54) is 28.4 Å². The number of carbonyl (C=O) groups is 3. The molecule has 10 nitrogen and oxygen atoms in total. The maximum atomic E-state index is 14.0. The summed E-state index contributed by atoms with van der Waals surface area (Å²) < 4.78 is 29.9. The molecule has 2 saturated carbocycles. The lowest BCUT2D eigenvalue weighted by atomic mass is 9.91. The van der Waals surface area contributed by atoms with Gasteiger partial charge in [0, 0.05) is 49.7 Å². The third kappa shape index (κ3) is 6.97. The zero-order valence-electron chi connectivity index (χ0n) is 25.4. The first-order valence-electron chi connectivity index (χ1n) is 15.4. The van der Waals surface area contributed by atoms with Gasteiger partial charge in [-0.1, -0.05) is 38.5 Å². The van der Waals surface area contributed by atoms with Crippen molar-refractivity contribution in [3.8, 4) is 0 Å². The Hall–Kier alpha value is -2.80. The normalized spacial score (nSPS) is 18.7.